The van der Waals surface area contributed by atoms with Gasteiger partial charge in [0.05, 0.1) is 16.3 Å². The molecule has 1 aromatic heterocycles. The second kappa shape index (κ2) is 3.55. The van der Waals surface area contributed by atoms with Gasteiger partial charge in [-0.15, -0.1) is 0 Å². The summed E-state index contributed by atoms with van der Waals surface area (Å²) in [5.41, 5.74) is 0.388. The summed E-state index contributed by atoms with van der Waals surface area (Å²) in [4.78, 5) is 3.79. The number of oxime groups is 1. The summed E-state index contributed by atoms with van der Waals surface area (Å²) >= 11 is 11.2. The average Bonchev–Trinajstić information content (AvgIpc) is 1.95. The monoisotopic (exact) mass is 190 g/mol. The lowest BCUT2D eigenvalue weighted by atomic mass is 10.4. The molecule has 0 fully saturated rings. The van der Waals surface area contributed by atoms with Gasteiger partial charge in [0, 0.05) is 6.20 Å². The Morgan fingerprint density at radius 3 is 2.82 bits per heavy atom. The molecule has 5 heteroatoms. The fourth-order valence-electron chi connectivity index (χ4n) is 0.575. The standard InChI is InChI=1S/C6H4Cl2N2O/c7-4-1-5(8)6(3-10-11)9-2-4/h1-3,11H. The lowest BCUT2D eigenvalue weighted by Gasteiger charge is -1.94. The van der Waals surface area contributed by atoms with Gasteiger partial charge in [-0.3, -0.25) is 4.98 Å². The van der Waals surface area contributed by atoms with Crippen LogP contribution in [0.15, 0.2) is 17.4 Å². The van der Waals surface area contributed by atoms with Crippen molar-refractivity contribution in [2.24, 2.45) is 5.16 Å². The SMILES string of the molecule is ON=Cc1ncc(Cl)cc1Cl. The zero-order valence-corrected chi connectivity index (χ0v) is 6.84. The van der Waals surface area contributed by atoms with Crippen LogP contribution in [0.1, 0.15) is 5.69 Å². The van der Waals surface area contributed by atoms with E-state index in [2.05, 4.69) is 10.1 Å². The summed E-state index contributed by atoms with van der Waals surface area (Å²) in [7, 11) is 0. The van der Waals surface area contributed by atoms with Gasteiger partial charge in [-0.2, -0.15) is 0 Å². The molecule has 0 aliphatic heterocycles. The fourth-order valence-corrected chi connectivity index (χ4v) is 1.00. The molecular weight excluding hydrogens is 187 g/mol. The van der Waals surface area contributed by atoms with Crippen LogP contribution >= 0.6 is 23.2 Å². The molecule has 1 heterocycles. The number of halogens is 2. The highest BCUT2D eigenvalue weighted by Crippen LogP contribution is 2.16. The molecule has 58 valence electrons. The highest BCUT2D eigenvalue weighted by molar-refractivity contribution is 6.35. The van der Waals surface area contributed by atoms with Gasteiger partial charge in [0.1, 0.15) is 5.69 Å². The molecule has 0 atom stereocenters. The zero-order valence-electron chi connectivity index (χ0n) is 5.33. The maximum atomic E-state index is 8.15. The maximum absolute atomic E-state index is 8.15. The smallest absolute Gasteiger partial charge is 0.103 e. The topological polar surface area (TPSA) is 45.5 Å². The third kappa shape index (κ3) is 2.06. The molecule has 0 aliphatic carbocycles. The maximum Gasteiger partial charge on any atom is 0.103 e. The molecule has 1 aromatic rings. The van der Waals surface area contributed by atoms with Gasteiger partial charge in [0.25, 0.3) is 0 Å². The summed E-state index contributed by atoms with van der Waals surface area (Å²) in [5, 5.41) is 11.7. The first-order valence-corrected chi connectivity index (χ1v) is 3.48. The molecule has 1 N–H and O–H groups in total. The van der Waals surface area contributed by atoms with Crippen molar-refractivity contribution in [1.82, 2.24) is 4.98 Å². The lowest BCUT2D eigenvalue weighted by molar-refractivity contribution is 0.321. The first-order valence-electron chi connectivity index (χ1n) is 2.72. The van der Waals surface area contributed by atoms with Crippen LogP contribution in [0.4, 0.5) is 0 Å². The van der Waals surface area contributed by atoms with Crippen molar-refractivity contribution >= 4 is 29.4 Å². The number of rotatable bonds is 1. The molecule has 0 radical (unpaired) electrons. The van der Waals surface area contributed by atoms with E-state index in [1.807, 2.05) is 0 Å². The van der Waals surface area contributed by atoms with Crippen molar-refractivity contribution in [3.05, 3.63) is 28.0 Å². The van der Waals surface area contributed by atoms with Crippen molar-refractivity contribution in [3.63, 3.8) is 0 Å². The van der Waals surface area contributed by atoms with Crippen LogP contribution in [-0.4, -0.2) is 16.4 Å². The van der Waals surface area contributed by atoms with Gasteiger partial charge in [-0.25, -0.2) is 0 Å². The number of nitrogens with zero attached hydrogens (tertiary/aromatic N) is 2. The Morgan fingerprint density at radius 1 is 1.55 bits per heavy atom. The molecule has 3 nitrogen and oxygen atoms in total. The molecule has 0 saturated heterocycles. The van der Waals surface area contributed by atoms with Gasteiger partial charge in [0.2, 0.25) is 0 Å². The van der Waals surface area contributed by atoms with Gasteiger partial charge >= 0.3 is 0 Å². The largest absolute Gasteiger partial charge is 0.411 e. The van der Waals surface area contributed by atoms with Crippen LogP contribution in [0.5, 0.6) is 0 Å². The van der Waals surface area contributed by atoms with Crippen LogP contribution in [0.2, 0.25) is 10.0 Å². The Bertz CT molecular complexity index is 288. The molecule has 11 heavy (non-hydrogen) atoms. The fraction of sp³-hybridized carbons (Fsp3) is 0. The predicted octanol–water partition coefficient (Wildman–Crippen LogP) is 2.20. The number of hydrogen-bond donors (Lipinski definition) is 1. The van der Waals surface area contributed by atoms with E-state index in [1.54, 1.807) is 0 Å². The molecule has 0 saturated carbocycles. The number of pyridine rings is 1. The number of hydrogen-bond acceptors (Lipinski definition) is 3. The zero-order chi connectivity index (χ0) is 8.27. The average molecular weight is 191 g/mol. The van der Waals surface area contributed by atoms with Crippen molar-refractivity contribution in [2.75, 3.05) is 0 Å². The summed E-state index contributed by atoms with van der Waals surface area (Å²) < 4.78 is 0. The highest BCUT2D eigenvalue weighted by Gasteiger charge is 1.98. The lowest BCUT2D eigenvalue weighted by Crippen LogP contribution is -1.87. The first kappa shape index (κ1) is 8.30. The van der Waals surface area contributed by atoms with Crippen LogP contribution in [0.3, 0.4) is 0 Å². The van der Waals surface area contributed by atoms with E-state index in [0.717, 1.165) is 6.21 Å². The Morgan fingerprint density at radius 2 is 2.27 bits per heavy atom. The second-order valence-electron chi connectivity index (χ2n) is 1.77. The van der Waals surface area contributed by atoms with Crippen molar-refractivity contribution < 1.29 is 5.21 Å². The van der Waals surface area contributed by atoms with Crippen LogP contribution < -0.4 is 0 Å². The molecular formula is C6H4Cl2N2O. The Balaban J connectivity index is 3.09. The molecule has 0 aliphatic rings. The Hall–Kier alpha value is -0.800. The highest BCUT2D eigenvalue weighted by atomic mass is 35.5. The van der Waals surface area contributed by atoms with Gasteiger partial charge in [-0.1, -0.05) is 28.4 Å². The third-order valence-electron chi connectivity index (χ3n) is 1.02. The van der Waals surface area contributed by atoms with Crippen LogP contribution in [-0.2, 0) is 0 Å². The van der Waals surface area contributed by atoms with Gasteiger partial charge in [-0.05, 0) is 6.07 Å². The van der Waals surface area contributed by atoms with Crippen LogP contribution in [0.25, 0.3) is 0 Å². The van der Waals surface area contributed by atoms with E-state index >= 15 is 0 Å². The molecule has 0 aromatic carbocycles. The van der Waals surface area contributed by atoms with Gasteiger partial charge in [0.15, 0.2) is 0 Å². The normalized spacial score (nSPS) is 10.7. The van der Waals surface area contributed by atoms with Crippen molar-refractivity contribution in [1.29, 1.82) is 0 Å². The Kier molecular flexibility index (Phi) is 2.68. The van der Waals surface area contributed by atoms with E-state index < -0.39 is 0 Å². The van der Waals surface area contributed by atoms with E-state index in [1.165, 1.54) is 12.3 Å². The minimum Gasteiger partial charge on any atom is -0.411 e. The quantitative estimate of drug-likeness (QED) is 0.420. The first-order chi connectivity index (χ1) is 5.24. The molecule has 0 unspecified atom stereocenters. The summed E-state index contributed by atoms with van der Waals surface area (Å²) in [6.07, 6.45) is 2.56. The third-order valence-corrected chi connectivity index (χ3v) is 1.53. The molecule has 0 spiro atoms. The number of aromatic nitrogens is 1. The minimum atomic E-state index is 0.357. The van der Waals surface area contributed by atoms with Crippen molar-refractivity contribution in [2.45, 2.75) is 0 Å². The van der Waals surface area contributed by atoms with Crippen molar-refractivity contribution in [3.8, 4) is 0 Å². The van der Waals surface area contributed by atoms with E-state index in [4.69, 9.17) is 28.4 Å². The van der Waals surface area contributed by atoms with E-state index in [0.29, 0.717) is 15.7 Å². The van der Waals surface area contributed by atoms with E-state index in [9.17, 15) is 0 Å². The summed E-state index contributed by atoms with van der Waals surface area (Å²) in [5.74, 6) is 0. The minimum absolute atomic E-state index is 0.357. The molecule has 0 bridgehead atoms. The molecule has 0 amide bonds. The van der Waals surface area contributed by atoms with E-state index in [-0.39, 0.29) is 0 Å². The summed E-state index contributed by atoms with van der Waals surface area (Å²) in [6.45, 7) is 0. The second-order valence-corrected chi connectivity index (χ2v) is 2.61. The molecule has 1 rings (SSSR count). The summed E-state index contributed by atoms with van der Waals surface area (Å²) in [6, 6.07) is 1.52. The van der Waals surface area contributed by atoms with Crippen LogP contribution in [0, 0.1) is 0 Å². The Labute approximate surface area is 73.3 Å². The predicted molar refractivity (Wildman–Crippen MR) is 43.6 cm³/mol. The van der Waals surface area contributed by atoms with Gasteiger partial charge < -0.3 is 5.21 Å².